The molecule has 19 heavy (non-hydrogen) atoms. The Hall–Kier alpha value is -1.28. The first-order valence-electron chi connectivity index (χ1n) is 6.20. The third-order valence-electron chi connectivity index (χ3n) is 3.30. The third kappa shape index (κ3) is 2.84. The van der Waals surface area contributed by atoms with E-state index < -0.39 is 5.54 Å². The zero-order valence-corrected chi connectivity index (χ0v) is 11.8. The number of nitrogens with one attached hydrogen (secondary N) is 1. The number of thioether (sulfide) groups is 1. The van der Waals surface area contributed by atoms with Crippen LogP contribution in [0.3, 0.4) is 0 Å². The van der Waals surface area contributed by atoms with Crippen LogP contribution in [0.5, 0.6) is 0 Å². The lowest BCUT2D eigenvalue weighted by Gasteiger charge is -2.21. The maximum absolute atomic E-state index is 11.8. The summed E-state index contributed by atoms with van der Waals surface area (Å²) in [4.78, 5) is 23.1. The second-order valence-electron chi connectivity index (χ2n) is 4.73. The molecule has 0 bridgehead atoms. The van der Waals surface area contributed by atoms with Crippen molar-refractivity contribution in [1.29, 1.82) is 0 Å². The first-order chi connectivity index (χ1) is 8.96. The average molecular weight is 286 g/mol. The van der Waals surface area contributed by atoms with Gasteiger partial charge < -0.3 is 10.5 Å². The molecule has 0 amide bonds. The van der Waals surface area contributed by atoms with Gasteiger partial charge in [-0.15, -0.1) is 5.10 Å². The van der Waals surface area contributed by atoms with E-state index in [4.69, 9.17) is 10.5 Å². The SMILES string of the molecule is CCOC(=O)C1(N)CCC(Sc2n[nH]c(=O)n2C)C1. The minimum atomic E-state index is -0.900. The van der Waals surface area contributed by atoms with Crippen molar-refractivity contribution in [2.45, 2.75) is 42.1 Å². The molecule has 1 aliphatic carbocycles. The van der Waals surface area contributed by atoms with E-state index in [9.17, 15) is 9.59 Å². The molecule has 2 unspecified atom stereocenters. The number of H-pyrrole nitrogens is 1. The maximum atomic E-state index is 11.8. The van der Waals surface area contributed by atoms with E-state index in [1.54, 1.807) is 14.0 Å². The van der Waals surface area contributed by atoms with Crippen LogP contribution < -0.4 is 11.4 Å². The van der Waals surface area contributed by atoms with Crippen molar-refractivity contribution in [2.75, 3.05) is 6.61 Å². The number of aromatic amines is 1. The lowest BCUT2D eigenvalue weighted by atomic mass is 10.00. The number of hydrogen-bond acceptors (Lipinski definition) is 6. The predicted molar refractivity (Wildman–Crippen MR) is 70.9 cm³/mol. The smallest absolute Gasteiger partial charge is 0.343 e. The number of ether oxygens (including phenoxy) is 1. The van der Waals surface area contributed by atoms with Gasteiger partial charge in [-0.1, -0.05) is 11.8 Å². The molecule has 0 saturated heterocycles. The van der Waals surface area contributed by atoms with Gasteiger partial charge >= 0.3 is 11.7 Å². The Morgan fingerprint density at radius 2 is 2.47 bits per heavy atom. The Bertz CT molecular complexity index is 526. The number of esters is 1. The molecule has 0 aliphatic heterocycles. The summed E-state index contributed by atoms with van der Waals surface area (Å²) in [5.74, 6) is -0.339. The Labute approximate surface area is 114 Å². The Morgan fingerprint density at radius 3 is 3.05 bits per heavy atom. The first-order valence-corrected chi connectivity index (χ1v) is 7.08. The van der Waals surface area contributed by atoms with Crippen molar-refractivity contribution < 1.29 is 9.53 Å². The van der Waals surface area contributed by atoms with E-state index in [1.165, 1.54) is 16.3 Å². The Morgan fingerprint density at radius 1 is 1.74 bits per heavy atom. The number of hydrogen-bond donors (Lipinski definition) is 2. The summed E-state index contributed by atoms with van der Waals surface area (Å²) in [6.07, 6.45) is 1.94. The summed E-state index contributed by atoms with van der Waals surface area (Å²) in [7, 11) is 1.66. The minimum absolute atomic E-state index is 0.170. The van der Waals surface area contributed by atoms with Crippen molar-refractivity contribution in [3.05, 3.63) is 10.5 Å². The number of aromatic nitrogens is 3. The highest BCUT2D eigenvalue weighted by Gasteiger charge is 2.43. The van der Waals surface area contributed by atoms with Crippen LogP contribution in [0.4, 0.5) is 0 Å². The number of carbonyl (C=O) groups is 1. The highest BCUT2D eigenvalue weighted by molar-refractivity contribution is 7.99. The molecule has 8 heteroatoms. The van der Waals surface area contributed by atoms with Crippen LogP contribution >= 0.6 is 11.8 Å². The quantitative estimate of drug-likeness (QED) is 0.756. The van der Waals surface area contributed by atoms with Gasteiger partial charge in [0.25, 0.3) is 0 Å². The molecular formula is C11H18N4O3S. The van der Waals surface area contributed by atoms with E-state index in [1.807, 2.05) is 0 Å². The molecule has 1 fully saturated rings. The van der Waals surface area contributed by atoms with Crippen molar-refractivity contribution in [1.82, 2.24) is 14.8 Å². The van der Waals surface area contributed by atoms with Gasteiger partial charge in [0.1, 0.15) is 5.54 Å². The van der Waals surface area contributed by atoms with Gasteiger partial charge in [-0.2, -0.15) is 0 Å². The molecule has 7 nitrogen and oxygen atoms in total. The standard InChI is InChI=1S/C11H18N4O3S/c1-3-18-8(16)11(12)5-4-7(6-11)19-10-14-13-9(17)15(10)2/h7H,3-6,12H2,1-2H3,(H,13,17). The second-order valence-corrected chi connectivity index (χ2v) is 6.00. The molecule has 1 aromatic rings. The van der Waals surface area contributed by atoms with Crippen molar-refractivity contribution in [3.63, 3.8) is 0 Å². The molecule has 0 aromatic carbocycles. The average Bonchev–Trinajstić information content (AvgIpc) is 2.89. The van der Waals surface area contributed by atoms with Crippen LogP contribution in [-0.2, 0) is 16.6 Å². The van der Waals surface area contributed by atoms with E-state index in [2.05, 4.69) is 10.2 Å². The topological polar surface area (TPSA) is 103 Å². The number of nitrogens with zero attached hydrogens (tertiary/aromatic N) is 2. The molecule has 1 aromatic heterocycles. The van der Waals surface area contributed by atoms with Crippen LogP contribution in [0.25, 0.3) is 0 Å². The van der Waals surface area contributed by atoms with E-state index in [0.717, 1.165) is 6.42 Å². The number of rotatable bonds is 4. The summed E-state index contributed by atoms with van der Waals surface area (Å²) in [6, 6.07) is 0. The fourth-order valence-electron chi connectivity index (χ4n) is 2.18. The molecule has 0 spiro atoms. The summed E-state index contributed by atoms with van der Waals surface area (Å²) < 4.78 is 6.45. The highest BCUT2D eigenvalue weighted by atomic mass is 32.2. The molecule has 106 valence electrons. The molecule has 1 saturated carbocycles. The van der Waals surface area contributed by atoms with E-state index in [0.29, 0.717) is 24.6 Å². The summed E-state index contributed by atoms with van der Waals surface area (Å²) >= 11 is 1.47. The van der Waals surface area contributed by atoms with Crippen LogP contribution in [0.2, 0.25) is 0 Å². The van der Waals surface area contributed by atoms with Crippen molar-refractivity contribution in [2.24, 2.45) is 12.8 Å². The summed E-state index contributed by atoms with van der Waals surface area (Å²) in [5.41, 5.74) is 4.95. The summed E-state index contributed by atoms with van der Waals surface area (Å²) in [6.45, 7) is 2.10. The van der Waals surface area contributed by atoms with Crippen LogP contribution in [0.15, 0.2) is 9.95 Å². The monoisotopic (exact) mass is 286 g/mol. The zero-order chi connectivity index (χ0) is 14.0. The first kappa shape index (κ1) is 14.1. The van der Waals surface area contributed by atoms with Gasteiger partial charge in [0.05, 0.1) is 6.61 Å². The zero-order valence-electron chi connectivity index (χ0n) is 11.0. The largest absolute Gasteiger partial charge is 0.465 e. The molecule has 1 heterocycles. The second kappa shape index (κ2) is 5.38. The van der Waals surface area contributed by atoms with Crippen molar-refractivity contribution >= 4 is 17.7 Å². The summed E-state index contributed by atoms with van der Waals surface area (Å²) in [5, 5.41) is 7.11. The van der Waals surface area contributed by atoms with Crippen LogP contribution in [0.1, 0.15) is 26.2 Å². The third-order valence-corrected chi connectivity index (χ3v) is 4.61. The predicted octanol–water partition coefficient (Wildman–Crippen LogP) is 0.0136. The lowest BCUT2D eigenvalue weighted by molar-refractivity contribution is -0.149. The van der Waals surface area contributed by atoms with Gasteiger partial charge in [0, 0.05) is 12.3 Å². The number of nitrogens with two attached hydrogens (primary N) is 1. The molecule has 1 aliphatic rings. The minimum Gasteiger partial charge on any atom is -0.465 e. The van der Waals surface area contributed by atoms with Crippen LogP contribution in [-0.4, -0.2) is 38.1 Å². The van der Waals surface area contributed by atoms with Gasteiger partial charge in [-0.05, 0) is 26.2 Å². The molecule has 0 radical (unpaired) electrons. The van der Waals surface area contributed by atoms with Crippen molar-refractivity contribution in [3.8, 4) is 0 Å². The van der Waals surface area contributed by atoms with Gasteiger partial charge in [-0.3, -0.25) is 9.36 Å². The normalized spacial score (nSPS) is 26.6. The molecular weight excluding hydrogens is 268 g/mol. The molecule has 2 atom stereocenters. The van der Waals surface area contributed by atoms with E-state index in [-0.39, 0.29) is 16.9 Å². The Kier molecular flexibility index (Phi) is 4.00. The lowest BCUT2D eigenvalue weighted by Crippen LogP contribution is -2.47. The highest BCUT2D eigenvalue weighted by Crippen LogP contribution is 2.38. The number of carbonyl (C=O) groups excluding carboxylic acids is 1. The fraction of sp³-hybridized carbons (Fsp3) is 0.727. The Balaban J connectivity index is 2.01. The van der Waals surface area contributed by atoms with Gasteiger partial charge in [0.15, 0.2) is 5.16 Å². The molecule has 2 rings (SSSR count). The van der Waals surface area contributed by atoms with Crippen LogP contribution in [0, 0.1) is 0 Å². The molecule has 3 N–H and O–H groups in total. The fourth-order valence-corrected chi connectivity index (χ4v) is 3.43. The van der Waals surface area contributed by atoms with Gasteiger partial charge in [0.2, 0.25) is 0 Å². The van der Waals surface area contributed by atoms with Gasteiger partial charge in [-0.25, -0.2) is 9.89 Å². The van der Waals surface area contributed by atoms with E-state index >= 15 is 0 Å². The maximum Gasteiger partial charge on any atom is 0.343 e.